The summed E-state index contributed by atoms with van der Waals surface area (Å²) in [5.41, 5.74) is 2.41. The Morgan fingerprint density at radius 2 is 1.80 bits per heavy atom. The fraction of sp³-hybridized carbons (Fsp3) is 0.500. The van der Waals surface area contributed by atoms with E-state index < -0.39 is 9.84 Å². The number of anilines is 1. The highest BCUT2D eigenvalue weighted by Crippen LogP contribution is 2.43. The average molecular weight is 497 g/mol. The Balaban J connectivity index is 1.26. The summed E-state index contributed by atoms with van der Waals surface area (Å²) in [6, 6.07) is 9.53. The van der Waals surface area contributed by atoms with Crippen molar-refractivity contribution >= 4 is 15.9 Å². The summed E-state index contributed by atoms with van der Waals surface area (Å²) in [5, 5.41) is 4.16. The predicted octanol–water partition coefficient (Wildman–Crippen LogP) is 4.44. The van der Waals surface area contributed by atoms with Crippen LogP contribution in [-0.2, 0) is 21.7 Å². The largest absolute Gasteiger partial charge is 0.485 e. The molecule has 0 saturated carbocycles. The maximum Gasteiger partial charge on any atom is 0.324 e. The van der Waals surface area contributed by atoms with Gasteiger partial charge in [-0.25, -0.2) is 8.42 Å². The van der Waals surface area contributed by atoms with Crippen LogP contribution in [0.25, 0.3) is 11.3 Å². The van der Waals surface area contributed by atoms with Gasteiger partial charge in [0.25, 0.3) is 0 Å². The molecule has 4 heterocycles. The zero-order valence-electron chi connectivity index (χ0n) is 20.9. The van der Waals surface area contributed by atoms with Crippen LogP contribution in [0.1, 0.15) is 51.9 Å². The van der Waals surface area contributed by atoms with Crippen molar-refractivity contribution in [1.82, 2.24) is 15.1 Å². The minimum absolute atomic E-state index is 0.139. The number of ether oxygens (including phenoxy) is 1. The Kier molecular flexibility index (Phi) is 5.66. The van der Waals surface area contributed by atoms with E-state index in [-0.39, 0.29) is 11.0 Å². The molecule has 5 rings (SSSR count). The first kappa shape index (κ1) is 23.8. The van der Waals surface area contributed by atoms with Crippen LogP contribution in [0.2, 0.25) is 0 Å². The molecule has 2 aliphatic heterocycles. The van der Waals surface area contributed by atoms with Gasteiger partial charge in [0.15, 0.2) is 15.7 Å². The Bertz CT molecular complexity index is 1340. The standard InChI is InChI=1S/C26H32N4O4S/c1-25(2,3)23-28-24(34-29-23)30-12-10-19(11-13-30)26(4)15-18-14-21(27-16-22(18)33-26)17-6-8-20(9-7-17)35(5,31)32/h6-9,14,16,19H,10-13,15H2,1-5H3/t26-/m0/s1. The summed E-state index contributed by atoms with van der Waals surface area (Å²) in [5.74, 6) is 1.96. The fourth-order valence-corrected chi connectivity index (χ4v) is 5.60. The van der Waals surface area contributed by atoms with Gasteiger partial charge in [-0.15, -0.1) is 0 Å². The molecule has 0 spiro atoms. The van der Waals surface area contributed by atoms with Gasteiger partial charge in [0.2, 0.25) is 0 Å². The molecule has 0 amide bonds. The molecule has 1 atom stereocenters. The van der Waals surface area contributed by atoms with Crippen molar-refractivity contribution in [1.29, 1.82) is 0 Å². The van der Waals surface area contributed by atoms with Crippen LogP contribution in [0.3, 0.4) is 0 Å². The smallest absolute Gasteiger partial charge is 0.324 e. The van der Waals surface area contributed by atoms with Crippen molar-refractivity contribution in [2.24, 2.45) is 5.92 Å². The van der Waals surface area contributed by atoms with E-state index in [9.17, 15) is 8.42 Å². The minimum atomic E-state index is -3.22. The number of piperidine rings is 1. The van der Waals surface area contributed by atoms with Crippen molar-refractivity contribution in [3.8, 4) is 17.0 Å². The number of benzene rings is 1. The van der Waals surface area contributed by atoms with Crippen LogP contribution in [0.5, 0.6) is 5.75 Å². The van der Waals surface area contributed by atoms with Gasteiger partial charge >= 0.3 is 6.01 Å². The van der Waals surface area contributed by atoms with Gasteiger partial charge in [0.1, 0.15) is 11.4 Å². The van der Waals surface area contributed by atoms with Crippen molar-refractivity contribution in [3.05, 3.63) is 47.9 Å². The molecule has 0 N–H and O–H groups in total. The SMILES string of the molecule is CC(C)(C)c1noc(N2CCC([C@]3(C)Cc4cc(-c5ccc(S(C)(=O)=O)cc5)ncc4O3)CC2)n1. The maximum atomic E-state index is 11.8. The lowest BCUT2D eigenvalue weighted by Crippen LogP contribution is -2.46. The number of rotatable bonds is 4. The minimum Gasteiger partial charge on any atom is -0.485 e. The molecule has 35 heavy (non-hydrogen) atoms. The monoisotopic (exact) mass is 496 g/mol. The topological polar surface area (TPSA) is 98.4 Å². The third-order valence-corrected chi connectivity index (χ3v) is 8.25. The van der Waals surface area contributed by atoms with Gasteiger partial charge in [0.05, 0.1) is 16.8 Å². The highest BCUT2D eigenvalue weighted by atomic mass is 32.2. The average Bonchev–Trinajstić information content (AvgIpc) is 3.43. The maximum absolute atomic E-state index is 11.8. The Hall–Kier alpha value is -2.94. The van der Waals surface area contributed by atoms with Crippen LogP contribution < -0.4 is 9.64 Å². The van der Waals surface area contributed by atoms with E-state index in [4.69, 9.17) is 9.26 Å². The second-order valence-corrected chi connectivity index (χ2v) is 13.0. The number of aromatic nitrogens is 3. The predicted molar refractivity (Wildman–Crippen MR) is 133 cm³/mol. The van der Waals surface area contributed by atoms with Gasteiger partial charge in [-0.3, -0.25) is 4.98 Å². The van der Waals surface area contributed by atoms with E-state index in [0.717, 1.165) is 60.7 Å². The van der Waals surface area contributed by atoms with E-state index in [1.54, 1.807) is 30.5 Å². The third kappa shape index (κ3) is 4.66. The van der Waals surface area contributed by atoms with Crippen molar-refractivity contribution in [3.63, 3.8) is 0 Å². The van der Waals surface area contributed by atoms with E-state index >= 15 is 0 Å². The van der Waals surface area contributed by atoms with Gasteiger partial charge < -0.3 is 14.2 Å². The van der Waals surface area contributed by atoms with E-state index in [1.165, 1.54) is 6.26 Å². The molecule has 9 heteroatoms. The third-order valence-electron chi connectivity index (χ3n) is 7.13. The van der Waals surface area contributed by atoms with E-state index in [1.807, 2.05) is 0 Å². The molecule has 186 valence electrons. The molecular weight excluding hydrogens is 464 g/mol. The second kappa shape index (κ2) is 8.33. The lowest BCUT2D eigenvalue weighted by Gasteiger charge is -2.39. The lowest BCUT2D eigenvalue weighted by atomic mass is 9.79. The molecule has 0 radical (unpaired) electrons. The zero-order valence-corrected chi connectivity index (χ0v) is 21.7. The van der Waals surface area contributed by atoms with Crippen molar-refractivity contribution < 1.29 is 17.7 Å². The fourth-order valence-electron chi connectivity index (χ4n) is 4.97. The normalized spacial score (nSPS) is 21.1. The molecule has 0 bridgehead atoms. The number of hydrogen-bond donors (Lipinski definition) is 0. The van der Waals surface area contributed by atoms with Crippen molar-refractivity contribution in [2.75, 3.05) is 24.2 Å². The molecule has 1 saturated heterocycles. The molecule has 0 unspecified atom stereocenters. The van der Waals surface area contributed by atoms with Crippen LogP contribution in [0, 0.1) is 5.92 Å². The summed E-state index contributed by atoms with van der Waals surface area (Å²) in [7, 11) is -3.22. The van der Waals surface area contributed by atoms with Crippen LogP contribution in [0.4, 0.5) is 6.01 Å². The Morgan fingerprint density at radius 3 is 2.40 bits per heavy atom. The number of pyridine rings is 1. The van der Waals surface area contributed by atoms with E-state index in [2.05, 4.69) is 53.8 Å². The molecule has 2 aromatic heterocycles. The summed E-state index contributed by atoms with van der Waals surface area (Å²) >= 11 is 0. The molecule has 1 fully saturated rings. The molecule has 1 aromatic carbocycles. The van der Waals surface area contributed by atoms with Gasteiger partial charge in [-0.2, -0.15) is 4.98 Å². The summed E-state index contributed by atoms with van der Waals surface area (Å²) in [6.45, 7) is 10.1. The van der Waals surface area contributed by atoms with Gasteiger partial charge in [-0.05, 0) is 38.0 Å². The second-order valence-electron chi connectivity index (χ2n) is 11.0. The number of hydrogen-bond acceptors (Lipinski definition) is 8. The molecule has 0 aliphatic carbocycles. The van der Waals surface area contributed by atoms with Gasteiger partial charge in [-0.1, -0.05) is 38.1 Å². The first-order chi connectivity index (χ1) is 16.4. The van der Waals surface area contributed by atoms with E-state index in [0.29, 0.717) is 16.8 Å². The molecule has 2 aliphatic rings. The number of fused-ring (bicyclic) bond motifs is 1. The number of sulfone groups is 1. The molecule has 8 nitrogen and oxygen atoms in total. The Labute approximate surface area is 206 Å². The summed E-state index contributed by atoms with van der Waals surface area (Å²) in [6.07, 6.45) is 5.78. The number of nitrogens with zero attached hydrogens (tertiary/aromatic N) is 4. The zero-order chi connectivity index (χ0) is 25.0. The summed E-state index contributed by atoms with van der Waals surface area (Å²) < 4.78 is 35.5. The highest BCUT2D eigenvalue weighted by Gasteiger charge is 2.44. The van der Waals surface area contributed by atoms with Crippen molar-refractivity contribution in [2.45, 2.75) is 62.9 Å². The quantitative estimate of drug-likeness (QED) is 0.523. The molecule has 3 aromatic rings. The van der Waals surface area contributed by atoms with Gasteiger partial charge in [0, 0.05) is 48.2 Å². The van der Waals surface area contributed by atoms with Crippen LogP contribution in [-0.4, -0.2) is 48.5 Å². The first-order valence-electron chi connectivity index (χ1n) is 12.0. The summed E-state index contributed by atoms with van der Waals surface area (Å²) in [4.78, 5) is 11.7. The lowest BCUT2D eigenvalue weighted by molar-refractivity contribution is 0.0343. The molecular formula is C26H32N4O4S. The first-order valence-corrected chi connectivity index (χ1v) is 13.9. The highest BCUT2D eigenvalue weighted by molar-refractivity contribution is 7.90. The Morgan fingerprint density at radius 1 is 1.11 bits per heavy atom. The van der Waals surface area contributed by atoms with Crippen LogP contribution in [0.15, 0.2) is 45.9 Å². The van der Waals surface area contributed by atoms with Crippen LogP contribution >= 0.6 is 0 Å².